The molecule has 16 nitrogen and oxygen atoms in total. The van der Waals surface area contributed by atoms with Crippen LogP contribution in [0.4, 0.5) is 0 Å². The third-order valence-electron chi connectivity index (χ3n) is 13.5. The molecule has 70 heavy (non-hydrogen) atoms. The van der Waals surface area contributed by atoms with Crippen LogP contribution in [0.3, 0.4) is 0 Å². The summed E-state index contributed by atoms with van der Waals surface area (Å²) >= 11 is 0. The van der Waals surface area contributed by atoms with Gasteiger partial charge in [0.2, 0.25) is 0 Å². The smallest absolute Gasteiger partial charge is 0.316 e. The topological polar surface area (TPSA) is 211 Å². The van der Waals surface area contributed by atoms with Crippen LogP contribution < -0.4 is 4.74 Å². The number of hydrogen-bond acceptors (Lipinski definition) is 16. The molecule has 0 amide bonds. The second-order valence-electron chi connectivity index (χ2n) is 20.1. The van der Waals surface area contributed by atoms with Crippen LogP contribution in [0.2, 0.25) is 0 Å². The van der Waals surface area contributed by atoms with Crippen LogP contribution in [0.15, 0.2) is 53.7 Å². The normalized spacial score (nSPS) is 22.0. The molecule has 0 unspecified atom stereocenters. The average molecular weight is 982 g/mol. The number of rotatable bonds is 28. The molecule has 0 aromatic heterocycles. The van der Waals surface area contributed by atoms with Crippen LogP contribution in [0.5, 0.6) is 11.5 Å². The molecule has 0 spiro atoms. The zero-order valence-electron chi connectivity index (χ0n) is 44.2. The molecule has 1 aliphatic rings. The highest BCUT2D eigenvalue weighted by atomic mass is 16.7. The number of ketones is 1. The Kier molecular flexibility index (Phi) is 23.8. The monoisotopic (exact) mass is 982 g/mol. The number of phenolic OH excluding ortho intramolecular Hbond substituents is 1. The summed E-state index contributed by atoms with van der Waals surface area (Å²) < 4.78 is 30.4. The van der Waals surface area contributed by atoms with Crippen LogP contribution in [0.25, 0.3) is 11.1 Å². The minimum Gasteiger partial charge on any atom is -0.508 e. The molecule has 1 saturated heterocycles. The molecule has 2 aromatic rings. The summed E-state index contributed by atoms with van der Waals surface area (Å²) in [6, 6.07) is 13.0. The molecule has 1 fully saturated rings. The first-order valence-electron chi connectivity index (χ1n) is 25.0. The molecule has 13 atom stereocenters. The molecule has 0 aliphatic carbocycles. The first kappa shape index (κ1) is 59.7. The van der Waals surface area contributed by atoms with E-state index in [1.54, 1.807) is 52.0 Å². The fourth-order valence-corrected chi connectivity index (χ4v) is 9.52. The number of hydrogen-bond donors (Lipinski definition) is 3. The number of aliphatic hydroxyl groups excluding tert-OH is 1. The molecule has 2 aromatic carbocycles. The number of carbonyl (C=O) groups is 4. The van der Waals surface area contributed by atoms with Crippen molar-refractivity contribution in [2.24, 2.45) is 28.8 Å². The van der Waals surface area contributed by atoms with Gasteiger partial charge in [0.15, 0.2) is 18.2 Å². The van der Waals surface area contributed by atoms with E-state index in [0.29, 0.717) is 31.7 Å². The van der Waals surface area contributed by atoms with E-state index in [1.807, 2.05) is 71.1 Å². The van der Waals surface area contributed by atoms with Crippen LogP contribution >= 0.6 is 0 Å². The largest absolute Gasteiger partial charge is 0.508 e. The number of aliphatic hydroxyl groups is 2. The molecule has 0 radical (unpaired) electrons. The summed E-state index contributed by atoms with van der Waals surface area (Å²) in [5, 5.41) is 35.4. The Balaban J connectivity index is 1.87. The number of Topliss-reactive ketones (excluding diaryl/α,β-unsaturated/α-hetero) is 1. The van der Waals surface area contributed by atoms with Gasteiger partial charge in [0.05, 0.1) is 42.8 Å². The van der Waals surface area contributed by atoms with Crippen molar-refractivity contribution < 1.29 is 58.2 Å². The van der Waals surface area contributed by atoms with E-state index in [2.05, 4.69) is 23.9 Å². The van der Waals surface area contributed by atoms with Gasteiger partial charge in [-0.25, -0.2) is 0 Å². The highest BCUT2D eigenvalue weighted by Crippen LogP contribution is 2.36. The number of esters is 3. The highest BCUT2D eigenvalue weighted by Gasteiger charge is 2.49. The van der Waals surface area contributed by atoms with Gasteiger partial charge in [0.1, 0.15) is 29.6 Å². The minimum absolute atomic E-state index is 0.00104. The molecule has 0 saturated carbocycles. The van der Waals surface area contributed by atoms with Gasteiger partial charge in [-0.05, 0) is 146 Å². The Hall–Kier alpha value is -4.58. The van der Waals surface area contributed by atoms with Crippen molar-refractivity contribution in [1.29, 1.82) is 0 Å². The van der Waals surface area contributed by atoms with Crippen LogP contribution in [-0.4, -0.2) is 138 Å². The minimum atomic E-state index is -1.72. The summed E-state index contributed by atoms with van der Waals surface area (Å²) in [4.78, 5) is 69.8. The average Bonchev–Trinajstić information content (AvgIpc) is 3.30. The summed E-state index contributed by atoms with van der Waals surface area (Å²) in [5.41, 5.74) is 2.53. The Labute approximate surface area is 416 Å². The molecule has 1 heterocycles. The van der Waals surface area contributed by atoms with Crippen molar-refractivity contribution in [3.63, 3.8) is 0 Å². The third kappa shape index (κ3) is 17.3. The number of aromatic hydroxyl groups is 1. The van der Waals surface area contributed by atoms with E-state index in [4.69, 9.17) is 23.7 Å². The van der Waals surface area contributed by atoms with E-state index in [9.17, 15) is 39.4 Å². The zero-order valence-corrected chi connectivity index (χ0v) is 44.2. The standard InChI is InChI=1S/C54H83N3O13/c1-15-43(39-18-22-41(59)23-19-39)44(16-2)40-20-24-42(25-21-40)67-47(60)26-27-48(61)69-50-45(56(12)13)28-34(6)66-53(50)70-51(54(11,64)29-32(4)30-57(14)31-33(5)38(10)58)35(7)49(62)36(8)52(63)68-46(17-3)37(9)55-65/h18-25,32-38,45-46,50-51,53,58-59,64H,15-17,26-31H2,1-14H3/b44-43+/t32-,33+,34-,35+,36-,37-,38+,45+,46-,50-,51-,53+,54-/m1/s1. The first-order valence-corrected chi connectivity index (χ1v) is 25.0. The maximum absolute atomic E-state index is 14.3. The lowest BCUT2D eigenvalue weighted by Crippen LogP contribution is -2.60. The van der Waals surface area contributed by atoms with Crippen molar-refractivity contribution in [2.75, 3.05) is 34.2 Å². The highest BCUT2D eigenvalue weighted by molar-refractivity contribution is 6.00. The summed E-state index contributed by atoms with van der Waals surface area (Å²) in [6.45, 7) is 20.6. The van der Waals surface area contributed by atoms with Gasteiger partial charge in [0.25, 0.3) is 0 Å². The summed E-state index contributed by atoms with van der Waals surface area (Å²) in [5.74, 6) is -4.85. The Morgan fingerprint density at radius 2 is 1.41 bits per heavy atom. The Bertz CT molecular complexity index is 2020. The van der Waals surface area contributed by atoms with E-state index in [-0.39, 0.29) is 36.8 Å². The second kappa shape index (κ2) is 27.9. The molecular formula is C54H83N3O13. The maximum Gasteiger partial charge on any atom is 0.316 e. The number of benzene rings is 2. The van der Waals surface area contributed by atoms with E-state index in [0.717, 1.165) is 35.1 Å². The van der Waals surface area contributed by atoms with Crippen molar-refractivity contribution in [3.8, 4) is 11.5 Å². The number of nitroso groups, excluding NO2 is 1. The lowest BCUT2D eigenvalue weighted by Gasteiger charge is -2.46. The predicted molar refractivity (Wildman–Crippen MR) is 270 cm³/mol. The van der Waals surface area contributed by atoms with Crippen LogP contribution in [0.1, 0.15) is 132 Å². The lowest BCUT2D eigenvalue weighted by atomic mass is 9.78. The van der Waals surface area contributed by atoms with E-state index in [1.165, 1.54) is 13.8 Å². The quantitative estimate of drug-likeness (QED) is 0.0241. The van der Waals surface area contributed by atoms with Gasteiger partial charge in [-0.3, -0.25) is 19.2 Å². The first-order chi connectivity index (χ1) is 32.9. The molecule has 0 bridgehead atoms. The second-order valence-corrected chi connectivity index (χ2v) is 20.1. The third-order valence-corrected chi connectivity index (χ3v) is 13.5. The van der Waals surface area contributed by atoms with E-state index < -0.39 is 90.0 Å². The Morgan fingerprint density at radius 1 is 0.857 bits per heavy atom. The number of ether oxygens (including phenoxy) is 5. The number of allylic oxidation sites excluding steroid dienone is 2. The van der Waals surface area contributed by atoms with Crippen molar-refractivity contribution in [1.82, 2.24) is 9.80 Å². The SMILES string of the molecule is CC/C(=C(/CC)c1ccc(OC(=O)CCC(=O)O[C@H]2[C@H](O[C@H]([C@@H](C)C(=O)[C@@H](C)C(=O)O[C@H](CC)[C@@H](C)N=O)[C@](C)(O)C[C@@H](C)CN(C)C[C@H](C)[C@H](C)O)O[C@H](C)C[C@@H]2N(C)C)cc1)c1ccc(O)cc1. The summed E-state index contributed by atoms with van der Waals surface area (Å²) in [7, 11) is 5.58. The lowest BCUT2D eigenvalue weighted by molar-refractivity contribution is -0.296. The molecular weight excluding hydrogens is 899 g/mol. The van der Waals surface area contributed by atoms with Crippen molar-refractivity contribution >= 4 is 34.8 Å². The zero-order chi connectivity index (χ0) is 52.6. The van der Waals surface area contributed by atoms with Crippen molar-refractivity contribution in [3.05, 3.63) is 64.6 Å². The number of nitrogens with zero attached hydrogens (tertiary/aromatic N) is 3. The number of phenols is 1. The number of likely N-dealkylation sites (N-methyl/N-ethyl adjacent to an activating group) is 1. The van der Waals surface area contributed by atoms with Gasteiger partial charge in [-0.2, -0.15) is 4.91 Å². The molecule has 3 rings (SSSR count). The molecule has 3 N–H and O–H groups in total. The Morgan fingerprint density at radius 3 is 1.93 bits per heavy atom. The van der Waals surface area contributed by atoms with Crippen LogP contribution in [0, 0.1) is 28.6 Å². The van der Waals surface area contributed by atoms with Gasteiger partial charge in [-0.15, -0.1) is 0 Å². The van der Waals surface area contributed by atoms with E-state index >= 15 is 0 Å². The molecule has 392 valence electrons. The van der Waals surface area contributed by atoms with Crippen LogP contribution in [-0.2, 0) is 38.1 Å². The molecule has 16 heteroatoms. The maximum atomic E-state index is 14.3. The van der Waals surface area contributed by atoms with Gasteiger partial charge >= 0.3 is 17.9 Å². The van der Waals surface area contributed by atoms with Crippen molar-refractivity contribution in [2.45, 2.75) is 176 Å². The number of carbonyl (C=O) groups excluding carboxylic acids is 4. The fourth-order valence-electron chi connectivity index (χ4n) is 9.52. The summed E-state index contributed by atoms with van der Waals surface area (Å²) in [6.07, 6.45) is -3.62. The molecule has 1 aliphatic heterocycles. The van der Waals surface area contributed by atoms with Gasteiger partial charge < -0.3 is 48.8 Å². The predicted octanol–water partition coefficient (Wildman–Crippen LogP) is 8.21. The van der Waals surface area contributed by atoms with Gasteiger partial charge in [0, 0.05) is 19.0 Å². The van der Waals surface area contributed by atoms with Gasteiger partial charge in [-0.1, -0.05) is 71.0 Å². The fraction of sp³-hybridized carbons (Fsp3) is 0.667.